The van der Waals surface area contributed by atoms with Gasteiger partial charge in [-0.25, -0.2) is 0 Å². The van der Waals surface area contributed by atoms with Gasteiger partial charge in [-0.05, 0) is 79.1 Å². The molecule has 9 nitrogen and oxygen atoms in total. The third-order valence-corrected chi connectivity index (χ3v) is 6.29. The number of carbonyl (C=O) groups is 1. The SMILES string of the molecule is CCOc1cc(C2C(C(=O)Nc3cccc(C)c3)=C(C)Nc3nnnn32)ccc1OCc1cccc(C)c1. The standard InChI is InChI=1S/C29H30N6O3/c1-5-37-25-16-22(12-13-24(25)38-17-21-10-6-8-18(2)14-21)27-26(20(4)30-29-32-33-34-35(27)29)28(36)31-23-11-7-9-19(3)15-23/h6-16,27H,5,17H2,1-4H3,(H,31,36)(H,30,32,34). The van der Waals surface area contributed by atoms with Gasteiger partial charge < -0.3 is 20.1 Å². The van der Waals surface area contributed by atoms with Crippen molar-refractivity contribution in [1.82, 2.24) is 20.2 Å². The number of nitrogens with one attached hydrogen (secondary N) is 2. The molecule has 0 radical (unpaired) electrons. The first kappa shape index (κ1) is 25.0. The number of aryl methyl sites for hydroxylation is 2. The molecule has 1 aliphatic rings. The van der Waals surface area contributed by atoms with E-state index in [1.807, 2.05) is 75.4 Å². The minimum absolute atomic E-state index is 0.246. The van der Waals surface area contributed by atoms with Gasteiger partial charge in [0.15, 0.2) is 11.5 Å². The lowest BCUT2D eigenvalue weighted by Gasteiger charge is -2.28. The number of amides is 1. The molecule has 0 fully saturated rings. The number of carbonyl (C=O) groups excluding carboxylic acids is 1. The smallest absolute Gasteiger partial charge is 0.255 e. The Morgan fingerprint density at radius 3 is 2.53 bits per heavy atom. The number of allylic oxidation sites excluding steroid dienone is 1. The van der Waals surface area contributed by atoms with Crippen LogP contribution in [0.2, 0.25) is 0 Å². The Hall–Kier alpha value is -4.66. The van der Waals surface area contributed by atoms with Gasteiger partial charge in [-0.3, -0.25) is 4.79 Å². The highest BCUT2D eigenvalue weighted by Crippen LogP contribution is 2.39. The summed E-state index contributed by atoms with van der Waals surface area (Å²) in [6, 6.07) is 21.0. The van der Waals surface area contributed by atoms with Crippen molar-refractivity contribution in [3.63, 3.8) is 0 Å². The van der Waals surface area contributed by atoms with Gasteiger partial charge in [0.2, 0.25) is 5.95 Å². The summed E-state index contributed by atoms with van der Waals surface area (Å²) in [5, 5.41) is 18.3. The molecule has 1 aromatic heterocycles. The van der Waals surface area contributed by atoms with Gasteiger partial charge in [-0.15, -0.1) is 0 Å². The van der Waals surface area contributed by atoms with Crippen molar-refractivity contribution in [3.8, 4) is 11.5 Å². The Morgan fingerprint density at radius 1 is 0.974 bits per heavy atom. The predicted octanol–water partition coefficient (Wildman–Crippen LogP) is 5.20. The molecule has 1 aliphatic heterocycles. The molecule has 3 aromatic carbocycles. The first-order valence-corrected chi connectivity index (χ1v) is 12.5. The average molecular weight is 511 g/mol. The van der Waals surface area contributed by atoms with Crippen LogP contribution >= 0.6 is 0 Å². The molecular weight excluding hydrogens is 480 g/mol. The van der Waals surface area contributed by atoms with Crippen LogP contribution in [0.1, 0.15) is 42.1 Å². The number of aromatic nitrogens is 4. The summed E-state index contributed by atoms with van der Waals surface area (Å²) < 4.78 is 13.7. The fourth-order valence-corrected chi connectivity index (χ4v) is 4.58. The zero-order chi connectivity index (χ0) is 26.6. The molecule has 0 aliphatic carbocycles. The van der Waals surface area contributed by atoms with E-state index >= 15 is 0 Å². The highest BCUT2D eigenvalue weighted by atomic mass is 16.5. The summed E-state index contributed by atoms with van der Waals surface area (Å²) in [4.78, 5) is 13.6. The van der Waals surface area contributed by atoms with E-state index in [9.17, 15) is 4.79 Å². The Balaban J connectivity index is 1.49. The van der Waals surface area contributed by atoms with Crippen LogP contribution in [0.3, 0.4) is 0 Å². The summed E-state index contributed by atoms with van der Waals surface area (Å²) in [5.74, 6) is 1.41. The predicted molar refractivity (Wildman–Crippen MR) is 145 cm³/mol. The number of benzene rings is 3. The van der Waals surface area contributed by atoms with E-state index < -0.39 is 6.04 Å². The van der Waals surface area contributed by atoms with E-state index in [2.05, 4.69) is 45.2 Å². The van der Waals surface area contributed by atoms with E-state index in [0.717, 1.165) is 16.7 Å². The van der Waals surface area contributed by atoms with Crippen LogP contribution in [0.5, 0.6) is 11.5 Å². The number of nitrogens with zero attached hydrogens (tertiary/aromatic N) is 4. The summed E-state index contributed by atoms with van der Waals surface area (Å²) in [7, 11) is 0. The number of ether oxygens (including phenoxy) is 2. The van der Waals surface area contributed by atoms with Crippen molar-refractivity contribution < 1.29 is 14.3 Å². The molecule has 0 spiro atoms. The van der Waals surface area contributed by atoms with Gasteiger partial charge in [0.25, 0.3) is 5.91 Å². The van der Waals surface area contributed by atoms with Crippen LogP contribution in [0.25, 0.3) is 0 Å². The lowest BCUT2D eigenvalue weighted by molar-refractivity contribution is -0.113. The molecule has 0 bridgehead atoms. The van der Waals surface area contributed by atoms with E-state index in [0.29, 0.717) is 47.6 Å². The van der Waals surface area contributed by atoms with Crippen molar-refractivity contribution in [2.45, 2.75) is 40.3 Å². The molecule has 0 saturated carbocycles. The fraction of sp³-hybridized carbons (Fsp3) is 0.241. The Bertz CT molecular complexity index is 1510. The van der Waals surface area contributed by atoms with E-state index in [1.54, 1.807) is 4.68 Å². The van der Waals surface area contributed by atoms with Crippen LogP contribution < -0.4 is 20.1 Å². The largest absolute Gasteiger partial charge is 0.490 e. The summed E-state index contributed by atoms with van der Waals surface area (Å²) >= 11 is 0. The van der Waals surface area contributed by atoms with Crippen molar-refractivity contribution in [1.29, 1.82) is 0 Å². The number of rotatable bonds is 8. The number of anilines is 2. The second-order valence-electron chi connectivity index (χ2n) is 9.25. The molecule has 194 valence electrons. The number of tetrazole rings is 1. The summed E-state index contributed by atoms with van der Waals surface area (Å²) in [5.41, 5.74) is 5.97. The van der Waals surface area contributed by atoms with Gasteiger partial charge in [-0.2, -0.15) is 4.68 Å². The maximum Gasteiger partial charge on any atom is 0.255 e. The average Bonchev–Trinajstić information content (AvgIpc) is 3.35. The second-order valence-corrected chi connectivity index (χ2v) is 9.25. The number of hydrogen-bond acceptors (Lipinski definition) is 7. The van der Waals surface area contributed by atoms with Crippen LogP contribution in [-0.2, 0) is 11.4 Å². The highest BCUT2D eigenvalue weighted by molar-refractivity contribution is 6.06. The highest BCUT2D eigenvalue weighted by Gasteiger charge is 2.34. The third kappa shape index (κ3) is 5.22. The zero-order valence-corrected chi connectivity index (χ0v) is 21.9. The molecule has 2 N–H and O–H groups in total. The Morgan fingerprint density at radius 2 is 1.76 bits per heavy atom. The second kappa shape index (κ2) is 10.8. The summed E-state index contributed by atoms with van der Waals surface area (Å²) in [6.07, 6.45) is 0. The van der Waals surface area contributed by atoms with Gasteiger partial charge >= 0.3 is 0 Å². The first-order valence-electron chi connectivity index (χ1n) is 12.5. The maximum absolute atomic E-state index is 13.6. The van der Waals surface area contributed by atoms with Crippen LogP contribution in [-0.4, -0.2) is 32.7 Å². The third-order valence-electron chi connectivity index (χ3n) is 6.29. The van der Waals surface area contributed by atoms with Crippen molar-refractivity contribution in [2.24, 2.45) is 0 Å². The number of fused-ring (bicyclic) bond motifs is 1. The van der Waals surface area contributed by atoms with E-state index in [4.69, 9.17) is 9.47 Å². The molecule has 4 aromatic rings. The maximum atomic E-state index is 13.6. The minimum Gasteiger partial charge on any atom is -0.490 e. The van der Waals surface area contributed by atoms with Crippen LogP contribution in [0.4, 0.5) is 11.6 Å². The zero-order valence-electron chi connectivity index (χ0n) is 21.9. The molecular formula is C29H30N6O3. The molecule has 0 saturated heterocycles. The van der Waals surface area contributed by atoms with Crippen LogP contribution in [0, 0.1) is 13.8 Å². The molecule has 1 unspecified atom stereocenters. The topological polar surface area (TPSA) is 103 Å². The molecule has 9 heteroatoms. The van der Waals surface area contributed by atoms with Crippen molar-refractivity contribution in [2.75, 3.05) is 17.2 Å². The van der Waals surface area contributed by atoms with Gasteiger partial charge in [0, 0.05) is 11.4 Å². The fourth-order valence-electron chi connectivity index (χ4n) is 4.58. The molecule has 1 atom stereocenters. The van der Waals surface area contributed by atoms with E-state index in [1.165, 1.54) is 5.56 Å². The normalized spacial score (nSPS) is 14.5. The lowest BCUT2D eigenvalue weighted by Crippen LogP contribution is -2.31. The van der Waals surface area contributed by atoms with Crippen LogP contribution in [0.15, 0.2) is 78.0 Å². The Labute approximate surface area is 221 Å². The minimum atomic E-state index is -0.573. The van der Waals surface area contributed by atoms with Gasteiger partial charge in [-0.1, -0.05) is 53.1 Å². The quantitative estimate of drug-likeness (QED) is 0.336. The Kier molecular flexibility index (Phi) is 7.08. The monoisotopic (exact) mass is 510 g/mol. The molecule has 38 heavy (non-hydrogen) atoms. The number of hydrogen-bond donors (Lipinski definition) is 2. The van der Waals surface area contributed by atoms with Crippen molar-refractivity contribution in [3.05, 3.63) is 100 Å². The lowest BCUT2D eigenvalue weighted by atomic mass is 9.94. The molecule has 1 amide bonds. The van der Waals surface area contributed by atoms with Gasteiger partial charge in [0.1, 0.15) is 12.6 Å². The first-order chi connectivity index (χ1) is 18.4. The van der Waals surface area contributed by atoms with E-state index in [-0.39, 0.29) is 5.91 Å². The van der Waals surface area contributed by atoms with Gasteiger partial charge in [0.05, 0.1) is 12.2 Å². The summed E-state index contributed by atoms with van der Waals surface area (Å²) in [6.45, 7) is 8.68. The molecule has 2 heterocycles. The molecule has 5 rings (SSSR count). The van der Waals surface area contributed by atoms with Crippen molar-refractivity contribution >= 4 is 17.5 Å².